The fourth-order valence-electron chi connectivity index (χ4n) is 2.53. The molecule has 0 bridgehead atoms. The maximum absolute atomic E-state index is 12.2. The van der Waals surface area contributed by atoms with Gasteiger partial charge in [0.15, 0.2) is 0 Å². The largest absolute Gasteiger partial charge is 0.497 e. The lowest BCUT2D eigenvalue weighted by atomic mass is 10.2. The van der Waals surface area contributed by atoms with Crippen molar-refractivity contribution < 1.29 is 19.0 Å². The van der Waals surface area contributed by atoms with E-state index in [1.165, 1.54) is 0 Å². The molecule has 0 fully saturated rings. The number of ether oxygens (including phenoxy) is 3. The van der Waals surface area contributed by atoms with E-state index in [1.807, 2.05) is 24.3 Å². The van der Waals surface area contributed by atoms with Crippen LogP contribution in [0.1, 0.15) is 30.1 Å². The number of hydrogen-bond donors (Lipinski definition) is 0. The highest BCUT2D eigenvalue weighted by Gasteiger charge is 2.08. The lowest BCUT2D eigenvalue weighted by Gasteiger charge is -2.05. The van der Waals surface area contributed by atoms with E-state index >= 15 is 0 Å². The van der Waals surface area contributed by atoms with Gasteiger partial charge < -0.3 is 14.2 Å². The molecule has 6 heteroatoms. The lowest BCUT2D eigenvalue weighted by Crippen LogP contribution is -2.08. The van der Waals surface area contributed by atoms with Gasteiger partial charge in [0.05, 0.1) is 30.7 Å². The SMILES string of the molecule is CCCCOc1ccc(N=Nc2ccc(OC(=O)c3ccc(OC)cc3)cc2)cc1. The van der Waals surface area contributed by atoms with Gasteiger partial charge in [-0.3, -0.25) is 0 Å². The van der Waals surface area contributed by atoms with Crippen molar-refractivity contribution in [3.05, 3.63) is 78.4 Å². The van der Waals surface area contributed by atoms with Crippen LogP contribution in [0, 0.1) is 0 Å². The summed E-state index contributed by atoms with van der Waals surface area (Å²) in [4.78, 5) is 12.2. The third-order valence-electron chi connectivity index (χ3n) is 4.26. The predicted octanol–water partition coefficient (Wildman–Crippen LogP) is 6.51. The summed E-state index contributed by atoms with van der Waals surface area (Å²) in [7, 11) is 1.57. The van der Waals surface area contributed by atoms with E-state index in [0.717, 1.165) is 24.3 Å². The van der Waals surface area contributed by atoms with Gasteiger partial charge >= 0.3 is 5.97 Å². The average Bonchev–Trinajstić information content (AvgIpc) is 2.79. The molecule has 0 atom stereocenters. The number of azo groups is 1. The number of benzene rings is 3. The molecular formula is C24H24N2O4. The molecule has 30 heavy (non-hydrogen) atoms. The lowest BCUT2D eigenvalue weighted by molar-refractivity contribution is 0.0734. The Morgan fingerprint density at radius 1 is 0.767 bits per heavy atom. The quantitative estimate of drug-likeness (QED) is 0.176. The summed E-state index contributed by atoms with van der Waals surface area (Å²) in [5.41, 5.74) is 1.83. The molecule has 0 aliphatic carbocycles. The highest BCUT2D eigenvalue weighted by Crippen LogP contribution is 2.24. The zero-order chi connectivity index (χ0) is 21.2. The van der Waals surface area contributed by atoms with E-state index in [2.05, 4.69) is 17.2 Å². The summed E-state index contributed by atoms with van der Waals surface area (Å²) in [5.74, 6) is 1.50. The number of unbranched alkanes of at least 4 members (excludes halogenated alkanes) is 1. The second-order valence-corrected chi connectivity index (χ2v) is 6.51. The minimum absolute atomic E-state index is 0.434. The smallest absolute Gasteiger partial charge is 0.343 e. The first-order valence-corrected chi connectivity index (χ1v) is 9.79. The van der Waals surface area contributed by atoms with Crippen molar-refractivity contribution in [2.75, 3.05) is 13.7 Å². The maximum atomic E-state index is 12.2. The highest BCUT2D eigenvalue weighted by molar-refractivity contribution is 5.91. The third kappa shape index (κ3) is 6.17. The summed E-state index contributed by atoms with van der Waals surface area (Å²) in [6, 6.07) is 21.1. The molecule has 0 radical (unpaired) electrons. The van der Waals surface area contributed by atoms with Crippen LogP contribution in [0.25, 0.3) is 0 Å². The molecular weight excluding hydrogens is 380 g/mol. The van der Waals surface area contributed by atoms with Crippen molar-refractivity contribution in [3.8, 4) is 17.2 Å². The van der Waals surface area contributed by atoms with Gasteiger partial charge in [-0.05, 0) is 79.2 Å². The van der Waals surface area contributed by atoms with E-state index in [4.69, 9.17) is 14.2 Å². The number of rotatable bonds is 9. The molecule has 3 aromatic carbocycles. The summed E-state index contributed by atoms with van der Waals surface area (Å²) in [5, 5.41) is 8.43. The average molecular weight is 404 g/mol. The van der Waals surface area contributed by atoms with E-state index in [1.54, 1.807) is 55.6 Å². The summed E-state index contributed by atoms with van der Waals surface area (Å²) < 4.78 is 16.1. The molecule has 0 spiro atoms. The van der Waals surface area contributed by atoms with Crippen LogP contribution in [0.5, 0.6) is 17.2 Å². The Labute approximate surface area is 176 Å². The second kappa shape index (κ2) is 10.8. The minimum Gasteiger partial charge on any atom is -0.497 e. The zero-order valence-electron chi connectivity index (χ0n) is 17.1. The fraction of sp³-hybridized carbons (Fsp3) is 0.208. The van der Waals surface area contributed by atoms with Crippen LogP contribution < -0.4 is 14.2 Å². The number of esters is 1. The number of carbonyl (C=O) groups excluding carboxylic acids is 1. The van der Waals surface area contributed by atoms with Gasteiger partial charge in [-0.15, -0.1) is 0 Å². The van der Waals surface area contributed by atoms with E-state index in [-0.39, 0.29) is 0 Å². The van der Waals surface area contributed by atoms with Crippen molar-refractivity contribution in [3.63, 3.8) is 0 Å². The molecule has 0 amide bonds. The van der Waals surface area contributed by atoms with Crippen LogP contribution >= 0.6 is 0 Å². The van der Waals surface area contributed by atoms with Gasteiger partial charge in [0.25, 0.3) is 0 Å². The molecule has 0 aromatic heterocycles. The Morgan fingerprint density at radius 3 is 1.83 bits per heavy atom. The molecule has 3 rings (SSSR count). The topological polar surface area (TPSA) is 69.5 Å². The van der Waals surface area contributed by atoms with Crippen molar-refractivity contribution in [2.45, 2.75) is 19.8 Å². The molecule has 0 N–H and O–H groups in total. The first-order chi connectivity index (χ1) is 14.7. The molecule has 3 aromatic rings. The van der Waals surface area contributed by atoms with Gasteiger partial charge in [0.1, 0.15) is 17.2 Å². The second-order valence-electron chi connectivity index (χ2n) is 6.51. The Kier molecular flexibility index (Phi) is 7.55. The number of nitrogens with zero attached hydrogens (tertiary/aromatic N) is 2. The molecule has 0 aliphatic rings. The van der Waals surface area contributed by atoms with Crippen molar-refractivity contribution in [1.82, 2.24) is 0 Å². The number of methoxy groups -OCH3 is 1. The molecule has 0 aliphatic heterocycles. The van der Waals surface area contributed by atoms with Crippen molar-refractivity contribution in [1.29, 1.82) is 0 Å². The summed E-state index contributed by atoms with van der Waals surface area (Å²) in [6.45, 7) is 2.84. The third-order valence-corrected chi connectivity index (χ3v) is 4.26. The first kappa shape index (κ1) is 21.0. The summed E-state index contributed by atoms with van der Waals surface area (Å²) >= 11 is 0. The van der Waals surface area contributed by atoms with Crippen LogP contribution in [0.4, 0.5) is 11.4 Å². The number of hydrogen-bond acceptors (Lipinski definition) is 6. The Hall–Kier alpha value is -3.67. The predicted molar refractivity (Wildman–Crippen MR) is 115 cm³/mol. The fourth-order valence-corrected chi connectivity index (χ4v) is 2.53. The van der Waals surface area contributed by atoms with E-state index in [9.17, 15) is 4.79 Å². The zero-order valence-corrected chi connectivity index (χ0v) is 17.1. The van der Waals surface area contributed by atoms with Crippen molar-refractivity contribution >= 4 is 17.3 Å². The van der Waals surface area contributed by atoms with E-state index < -0.39 is 5.97 Å². The number of carbonyl (C=O) groups is 1. The standard InChI is InChI=1S/C24H24N2O4/c1-3-4-17-29-22-13-7-19(8-14-22)25-26-20-9-15-23(16-10-20)30-24(27)18-5-11-21(28-2)12-6-18/h5-16H,3-4,17H2,1-2H3. The molecule has 154 valence electrons. The first-order valence-electron chi connectivity index (χ1n) is 9.79. The van der Waals surface area contributed by atoms with Crippen LogP contribution in [0.15, 0.2) is 83.0 Å². The normalized spacial score (nSPS) is 10.7. The molecule has 0 saturated heterocycles. The molecule has 6 nitrogen and oxygen atoms in total. The van der Waals surface area contributed by atoms with Crippen molar-refractivity contribution in [2.24, 2.45) is 10.2 Å². The van der Waals surface area contributed by atoms with Gasteiger partial charge in [-0.1, -0.05) is 13.3 Å². The molecule has 0 unspecified atom stereocenters. The Balaban J connectivity index is 1.55. The van der Waals surface area contributed by atoms with Crippen LogP contribution in [0.3, 0.4) is 0 Å². The van der Waals surface area contributed by atoms with Gasteiger partial charge in [0.2, 0.25) is 0 Å². The monoisotopic (exact) mass is 404 g/mol. The van der Waals surface area contributed by atoms with E-state index in [0.29, 0.717) is 29.4 Å². The minimum atomic E-state index is -0.437. The maximum Gasteiger partial charge on any atom is 0.343 e. The van der Waals surface area contributed by atoms with Crippen LogP contribution in [0.2, 0.25) is 0 Å². The summed E-state index contributed by atoms with van der Waals surface area (Å²) in [6.07, 6.45) is 2.14. The van der Waals surface area contributed by atoms with Crippen LogP contribution in [-0.4, -0.2) is 19.7 Å². The highest BCUT2D eigenvalue weighted by atomic mass is 16.5. The molecule has 0 heterocycles. The van der Waals surface area contributed by atoms with Gasteiger partial charge in [-0.2, -0.15) is 10.2 Å². The van der Waals surface area contributed by atoms with Gasteiger partial charge in [0, 0.05) is 0 Å². The van der Waals surface area contributed by atoms with Gasteiger partial charge in [-0.25, -0.2) is 4.79 Å². The molecule has 0 saturated carbocycles. The Bertz CT molecular complexity index is 966. The van der Waals surface area contributed by atoms with Crippen LogP contribution in [-0.2, 0) is 0 Å². The Morgan fingerprint density at radius 2 is 1.30 bits per heavy atom.